The maximum absolute atomic E-state index is 12.3. The third-order valence-electron chi connectivity index (χ3n) is 4.11. The Morgan fingerprint density at radius 3 is 2.67 bits per heavy atom. The predicted octanol–water partition coefficient (Wildman–Crippen LogP) is 1.29. The van der Waals surface area contributed by atoms with Crippen LogP contribution in [0.25, 0.3) is 17.1 Å². The molecule has 0 aliphatic carbocycles. The van der Waals surface area contributed by atoms with Crippen molar-refractivity contribution < 1.29 is 9.53 Å². The number of benzene rings is 1. The molecule has 0 saturated heterocycles. The highest BCUT2D eigenvalue weighted by Crippen LogP contribution is 2.18. The van der Waals surface area contributed by atoms with Gasteiger partial charge in [0.05, 0.1) is 24.4 Å². The second-order valence-electron chi connectivity index (χ2n) is 5.87. The molecule has 0 spiro atoms. The van der Waals surface area contributed by atoms with Gasteiger partial charge in [-0.15, -0.1) is 0 Å². The van der Waals surface area contributed by atoms with E-state index in [1.54, 1.807) is 19.3 Å². The van der Waals surface area contributed by atoms with Crippen LogP contribution in [0.15, 0.2) is 52.2 Å². The second kappa shape index (κ2) is 7.28. The van der Waals surface area contributed by atoms with Crippen molar-refractivity contribution in [1.29, 1.82) is 0 Å². The van der Waals surface area contributed by atoms with Crippen molar-refractivity contribution >= 4 is 28.7 Å². The maximum Gasteiger partial charge on any atom is 0.332 e. The fraction of sp³-hybridized carbons (Fsp3) is 0.158. The molecule has 2 aromatic heterocycles. The molecule has 0 fully saturated rings. The van der Waals surface area contributed by atoms with Gasteiger partial charge in [-0.3, -0.25) is 18.7 Å². The first kappa shape index (κ1) is 18.1. The Morgan fingerprint density at radius 1 is 1.19 bits per heavy atom. The summed E-state index contributed by atoms with van der Waals surface area (Å²) < 4.78 is 7.51. The number of aryl methyl sites for hydroxylation is 1. The number of hydrogen-bond acceptors (Lipinski definition) is 5. The molecule has 0 aliphatic heterocycles. The van der Waals surface area contributed by atoms with E-state index in [-0.39, 0.29) is 16.9 Å². The van der Waals surface area contributed by atoms with Crippen LogP contribution in [0, 0.1) is 0 Å². The van der Waals surface area contributed by atoms with E-state index in [4.69, 9.17) is 4.74 Å². The zero-order valence-electron chi connectivity index (χ0n) is 15.1. The molecule has 3 rings (SSSR count). The number of hydrogen-bond donors (Lipinski definition) is 1. The maximum atomic E-state index is 12.3. The first-order valence-electron chi connectivity index (χ1n) is 8.10. The Hall–Kier alpha value is -3.68. The zero-order valence-corrected chi connectivity index (χ0v) is 15.1. The SMILES string of the molecule is COc1ccccc1/C=C/C(=O)Nc1cnc2c(c1)c(=O)n(C)c(=O)n2C. The van der Waals surface area contributed by atoms with Crippen LogP contribution in [-0.4, -0.2) is 27.1 Å². The van der Waals surface area contributed by atoms with Gasteiger partial charge in [0.15, 0.2) is 0 Å². The predicted molar refractivity (Wildman–Crippen MR) is 103 cm³/mol. The normalized spacial score (nSPS) is 11.1. The number of pyridine rings is 1. The molecule has 138 valence electrons. The van der Waals surface area contributed by atoms with Crippen LogP contribution in [0.4, 0.5) is 5.69 Å². The number of aromatic nitrogens is 3. The summed E-state index contributed by atoms with van der Waals surface area (Å²) in [6, 6.07) is 8.80. The summed E-state index contributed by atoms with van der Waals surface area (Å²) in [4.78, 5) is 40.5. The van der Waals surface area contributed by atoms with E-state index in [9.17, 15) is 14.4 Å². The van der Waals surface area contributed by atoms with Gasteiger partial charge in [-0.2, -0.15) is 0 Å². The molecule has 2 heterocycles. The molecule has 1 aromatic carbocycles. The number of para-hydroxylation sites is 1. The van der Waals surface area contributed by atoms with Crippen LogP contribution >= 0.6 is 0 Å². The average Bonchev–Trinajstić information content (AvgIpc) is 2.69. The van der Waals surface area contributed by atoms with Crippen molar-refractivity contribution in [1.82, 2.24) is 14.1 Å². The largest absolute Gasteiger partial charge is 0.496 e. The summed E-state index contributed by atoms with van der Waals surface area (Å²) in [5.74, 6) is 0.266. The van der Waals surface area contributed by atoms with Crippen LogP contribution in [0.5, 0.6) is 5.75 Å². The highest BCUT2D eigenvalue weighted by Gasteiger charge is 2.11. The van der Waals surface area contributed by atoms with E-state index >= 15 is 0 Å². The molecule has 0 atom stereocenters. The van der Waals surface area contributed by atoms with Gasteiger partial charge < -0.3 is 10.1 Å². The van der Waals surface area contributed by atoms with Gasteiger partial charge in [0.25, 0.3) is 5.56 Å². The summed E-state index contributed by atoms with van der Waals surface area (Å²) >= 11 is 0. The molecule has 0 unspecified atom stereocenters. The minimum Gasteiger partial charge on any atom is -0.496 e. The highest BCUT2D eigenvalue weighted by atomic mass is 16.5. The summed E-state index contributed by atoms with van der Waals surface area (Å²) in [7, 11) is 4.48. The molecule has 8 heteroatoms. The van der Waals surface area contributed by atoms with Crippen molar-refractivity contribution in [3.05, 3.63) is 69.0 Å². The quantitative estimate of drug-likeness (QED) is 0.702. The number of carbonyl (C=O) groups is 1. The van der Waals surface area contributed by atoms with Gasteiger partial charge in [0.1, 0.15) is 11.4 Å². The van der Waals surface area contributed by atoms with E-state index in [1.165, 1.54) is 37.0 Å². The number of methoxy groups -OCH3 is 1. The van der Waals surface area contributed by atoms with Gasteiger partial charge in [-0.1, -0.05) is 18.2 Å². The van der Waals surface area contributed by atoms with Gasteiger partial charge in [0, 0.05) is 25.7 Å². The van der Waals surface area contributed by atoms with Crippen molar-refractivity contribution in [3.8, 4) is 5.75 Å². The van der Waals surface area contributed by atoms with Crippen molar-refractivity contribution in [2.45, 2.75) is 0 Å². The van der Waals surface area contributed by atoms with Crippen LogP contribution in [0.2, 0.25) is 0 Å². The molecule has 0 saturated carbocycles. The lowest BCUT2D eigenvalue weighted by Crippen LogP contribution is -2.37. The first-order chi connectivity index (χ1) is 12.9. The molecule has 0 aliphatic rings. The summed E-state index contributed by atoms with van der Waals surface area (Å²) in [6.45, 7) is 0. The Bertz CT molecular complexity index is 1170. The minimum absolute atomic E-state index is 0.242. The number of ether oxygens (including phenoxy) is 1. The summed E-state index contributed by atoms with van der Waals surface area (Å²) in [6.07, 6.45) is 4.39. The molecule has 27 heavy (non-hydrogen) atoms. The van der Waals surface area contributed by atoms with Crippen molar-refractivity contribution in [2.24, 2.45) is 14.1 Å². The van der Waals surface area contributed by atoms with E-state index in [1.807, 2.05) is 18.2 Å². The fourth-order valence-corrected chi connectivity index (χ4v) is 2.69. The standard InChI is InChI=1S/C19H18N4O4/c1-22-17-14(18(25)23(2)19(22)26)10-13(11-20-17)21-16(24)9-8-12-6-4-5-7-15(12)27-3/h4-11H,1-3H3,(H,21,24)/b9-8+. The number of nitrogens with one attached hydrogen (secondary N) is 1. The molecular formula is C19H18N4O4. The Labute approximate surface area is 154 Å². The van der Waals surface area contributed by atoms with E-state index in [0.717, 1.165) is 10.1 Å². The van der Waals surface area contributed by atoms with Gasteiger partial charge in [-0.25, -0.2) is 9.78 Å². The average molecular weight is 366 g/mol. The number of nitrogens with zero attached hydrogens (tertiary/aromatic N) is 3. The smallest absolute Gasteiger partial charge is 0.332 e. The van der Waals surface area contributed by atoms with Crippen LogP contribution < -0.4 is 21.3 Å². The first-order valence-corrected chi connectivity index (χ1v) is 8.10. The third-order valence-corrected chi connectivity index (χ3v) is 4.11. The fourth-order valence-electron chi connectivity index (χ4n) is 2.69. The number of anilines is 1. The summed E-state index contributed by atoms with van der Waals surface area (Å²) in [5.41, 5.74) is 0.437. The van der Waals surface area contributed by atoms with E-state index in [0.29, 0.717) is 11.4 Å². The number of fused-ring (bicyclic) bond motifs is 1. The Kier molecular flexibility index (Phi) is 4.89. The van der Waals surface area contributed by atoms with Crippen LogP contribution in [0.1, 0.15) is 5.56 Å². The topological polar surface area (TPSA) is 95.2 Å². The Balaban J connectivity index is 1.88. The molecule has 0 bridgehead atoms. The van der Waals surface area contributed by atoms with Crippen LogP contribution in [0.3, 0.4) is 0 Å². The van der Waals surface area contributed by atoms with Gasteiger partial charge in [-0.05, 0) is 18.2 Å². The molecule has 1 N–H and O–H groups in total. The van der Waals surface area contributed by atoms with Gasteiger partial charge in [0.2, 0.25) is 5.91 Å². The number of amides is 1. The third kappa shape index (κ3) is 3.50. The number of carbonyl (C=O) groups excluding carboxylic acids is 1. The zero-order chi connectivity index (χ0) is 19.6. The molecular weight excluding hydrogens is 348 g/mol. The van der Waals surface area contributed by atoms with Crippen LogP contribution in [-0.2, 0) is 18.9 Å². The van der Waals surface area contributed by atoms with E-state index < -0.39 is 11.2 Å². The molecule has 8 nitrogen and oxygen atoms in total. The minimum atomic E-state index is -0.471. The molecule has 0 radical (unpaired) electrons. The second-order valence-corrected chi connectivity index (χ2v) is 5.87. The lowest BCUT2D eigenvalue weighted by molar-refractivity contribution is -0.111. The van der Waals surface area contributed by atoms with Crippen molar-refractivity contribution in [3.63, 3.8) is 0 Å². The number of rotatable bonds is 4. The Morgan fingerprint density at radius 2 is 1.93 bits per heavy atom. The highest BCUT2D eigenvalue weighted by molar-refractivity contribution is 6.02. The van der Waals surface area contributed by atoms with Crippen molar-refractivity contribution in [2.75, 3.05) is 12.4 Å². The van der Waals surface area contributed by atoms with E-state index in [2.05, 4.69) is 10.3 Å². The lowest BCUT2D eigenvalue weighted by Gasteiger charge is -2.08. The van der Waals surface area contributed by atoms with Gasteiger partial charge >= 0.3 is 5.69 Å². The summed E-state index contributed by atoms with van der Waals surface area (Å²) in [5, 5.41) is 2.90. The molecule has 3 aromatic rings. The molecule has 1 amide bonds. The monoisotopic (exact) mass is 366 g/mol. The lowest BCUT2D eigenvalue weighted by atomic mass is 10.2.